The molecule has 1 atom stereocenters. The standard InChI is InChI=1S/C10H10N2O/c1-13-10-4-2-3-8(5-10)12-7-9(12)6-11/h2-5,9H,7H2,1H3. The molecule has 0 bridgehead atoms. The molecule has 1 unspecified atom stereocenters. The molecule has 1 aromatic rings. The van der Waals surface area contributed by atoms with Crippen LogP contribution in [0.3, 0.4) is 0 Å². The first kappa shape index (κ1) is 7.93. The highest BCUT2D eigenvalue weighted by Gasteiger charge is 2.34. The number of hydrogen-bond acceptors (Lipinski definition) is 3. The zero-order valence-corrected chi connectivity index (χ0v) is 7.40. The fraction of sp³-hybridized carbons (Fsp3) is 0.300. The Morgan fingerprint density at radius 3 is 3.08 bits per heavy atom. The number of anilines is 1. The van der Waals surface area contributed by atoms with Crippen LogP contribution in [0.2, 0.25) is 0 Å². The SMILES string of the molecule is COc1cccc(N2CC2C#N)c1. The van der Waals surface area contributed by atoms with Gasteiger partial charge in [-0.2, -0.15) is 5.26 Å². The number of benzene rings is 1. The molecule has 3 nitrogen and oxygen atoms in total. The van der Waals surface area contributed by atoms with Crippen molar-refractivity contribution in [1.82, 2.24) is 0 Å². The lowest BCUT2D eigenvalue weighted by Crippen LogP contribution is -1.96. The minimum Gasteiger partial charge on any atom is -0.497 e. The first-order chi connectivity index (χ1) is 6.35. The fourth-order valence-electron chi connectivity index (χ4n) is 1.32. The molecular weight excluding hydrogens is 164 g/mol. The van der Waals surface area contributed by atoms with E-state index >= 15 is 0 Å². The Bertz CT molecular complexity index is 356. The second-order valence-corrected chi connectivity index (χ2v) is 3.00. The van der Waals surface area contributed by atoms with Gasteiger partial charge in [0.2, 0.25) is 0 Å². The molecule has 1 aliphatic heterocycles. The number of methoxy groups -OCH3 is 1. The molecule has 0 radical (unpaired) electrons. The van der Waals surface area contributed by atoms with Crippen LogP contribution in [0.15, 0.2) is 24.3 Å². The lowest BCUT2D eigenvalue weighted by atomic mass is 10.3. The maximum absolute atomic E-state index is 8.64. The molecule has 0 aliphatic carbocycles. The Morgan fingerprint density at radius 2 is 2.46 bits per heavy atom. The first-order valence-corrected chi connectivity index (χ1v) is 4.15. The van der Waals surface area contributed by atoms with Gasteiger partial charge in [0.05, 0.1) is 19.7 Å². The number of rotatable bonds is 2. The molecule has 0 saturated carbocycles. The van der Waals surface area contributed by atoms with Crippen molar-refractivity contribution in [2.75, 3.05) is 18.6 Å². The zero-order valence-electron chi connectivity index (χ0n) is 7.40. The van der Waals surface area contributed by atoms with Crippen LogP contribution in [0.1, 0.15) is 0 Å². The van der Waals surface area contributed by atoms with Crippen LogP contribution in [-0.2, 0) is 0 Å². The summed E-state index contributed by atoms with van der Waals surface area (Å²) in [6.45, 7) is 0.837. The van der Waals surface area contributed by atoms with E-state index in [2.05, 4.69) is 6.07 Å². The summed E-state index contributed by atoms with van der Waals surface area (Å²) in [5.41, 5.74) is 1.06. The van der Waals surface area contributed by atoms with Crippen LogP contribution < -0.4 is 9.64 Å². The molecule has 13 heavy (non-hydrogen) atoms. The van der Waals surface area contributed by atoms with E-state index in [4.69, 9.17) is 10.00 Å². The lowest BCUT2D eigenvalue weighted by molar-refractivity contribution is 0.415. The van der Waals surface area contributed by atoms with E-state index in [1.54, 1.807) is 7.11 Å². The van der Waals surface area contributed by atoms with Crippen molar-refractivity contribution in [2.24, 2.45) is 0 Å². The smallest absolute Gasteiger partial charge is 0.134 e. The molecule has 1 saturated heterocycles. The van der Waals surface area contributed by atoms with Gasteiger partial charge in [-0.3, -0.25) is 0 Å². The third-order valence-electron chi connectivity index (χ3n) is 2.15. The second kappa shape index (κ2) is 2.98. The van der Waals surface area contributed by atoms with E-state index in [-0.39, 0.29) is 6.04 Å². The lowest BCUT2D eigenvalue weighted by Gasteiger charge is -2.04. The van der Waals surface area contributed by atoms with E-state index in [0.717, 1.165) is 18.0 Å². The van der Waals surface area contributed by atoms with E-state index in [9.17, 15) is 0 Å². The van der Waals surface area contributed by atoms with Crippen LogP contribution in [0, 0.1) is 11.3 Å². The summed E-state index contributed by atoms with van der Waals surface area (Å²) in [7, 11) is 1.64. The molecule has 1 fully saturated rings. The highest BCUT2D eigenvalue weighted by atomic mass is 16.5. The highest BCUT2D eigenvalue weighted by molar-refractivity contribution is 5.58. The van der Waals surface area contributed by atoms with E-state index in [1.807, 2.05) is 29.2 Å². The van der Waals surface area contributed by atoms with Crippen molar-refractivity contribution < 1.29 is 4.74 Å². The van der Waals surface area contributed by atoms with Gasteiger partial charge in [-0.05, 0) is 12.1 Å². The second-order valence-electron chi connectivity index (χ2n) is 3.00. The summed E-state index contributed by atoms with van der Waals surface area (Å²) in [6.07, 6.45) is 0. The maximum atomic E-state index is 8.64. The molecule has 3 heteroatoms. The zero-order chi connectivity index (χ0) is 9.26. The third kappa shape index (κ3) is 1.43. The minimum absolute atomic E-state index is 0.0621. The minimum atomic E-state index is 0.0621. The molecule has 1 aliphatic rings. The molecule has 0 amide bonds. The summed E-state index contributed by atoms with van der Waals surface area (Å²) in [5, 5.41) is 8.64. The fourth-order valence-corrected chi connectivity index (χ4v) is 1.32. The van der Waals surface area contributed by atoms with Crippen molar-refractivity contribution in [2.45, 2.75) is 6.04 Å². The molecule has 0 spiro atoms. The first-order valence-electron chi connectivity index (χ1n) is 4.15. The number of nitriles is 1. The van der Waals surface area contributed by atoms with Crippen LogP contribution >= 0.6 is 0 Å². The van der Waals surface area contributed by atoms with E-state index in [1.165, 1.54) is 0 Å². The average molecular weight is 174 g/mol. The maximum Gasteiger partial charge on any atom is 0.134 e. The van der Waals surface area contributed by atoms with Crippen molar-refractivity contribution in [3.8, 4) is 11.8 Å². The van der Waals surface area contributed by atoms with E-state index < -0.39 is 0 Å². The normalized spacial score (nSPS) is 19.4. The van der Waals surface area contributed by atoms with Gasteiger partial charge in [-0.15, -0.1) is 0 Å². The quantitative estimate of drug-likeness (QED) is 0.636. The van der Waals surface area contributed by atoms with Crippen LogP contribution in [0.25, 0.3) is 0 Å². The average Bonchev–Trinajstić information content (AvgIpc) is 2.97. The predicted molar refractivity (Wildman–Crippen MR) is 49.7 cm³/mol. The molecular formula is C10H10N2O. The van der Waals surface area contributed by atoms with Crippen molar-refractivity contribution >= 4 is 5.69 Å². The summed E-state index contributed by atoms with van der Waals surface area (Å²) < 4.78 is 5.09. The molecule has 1 heterocycles. The Kier molecular flexibility index (Phi) is 1.82. The van der Waals surface area contributed by atoms with Gasteiger partial charge < -0.3 is 9.64 Å². The van der Waals surface area contributed by atoms with Crippen LogP contribution in [0.5, 0.6) is 5.75 Å². The van der Waals surface area contributed by atoms with Gasteiger partial charge in [0, 0.05) is 11.8 Å². The summed E-state index contributed by atoms with van der Waals surface area (Å²) in [5.74, 6) is 0.834. The number of hydrogen-bond donors (Lipinski definition) is 0. The topological polar surface area (TPSA) is 36.0 Å². The third-order valence-corrected chi connectivity index (χ3v) is 2.15. The molecule has 0 N–H and O–H groups in total. The Balaban J connectivity index is 2.19. The van der Waals surface area contributed by atoms with Gasteiger partial charge in [-0.1, -0.05) is 6.07 Å². The Morgan fingerprint density at radius 1 is 1.62 bits per heavy atom. The molecule has 0 aromatic heterocycles. The molecule has 2 rings (SSSR count). The van der Waals surface area contributed by atoms with Gasteiger partial charge in [0.1, 0.15) is 11.8 Å². The predicted octanol–water partition coefficient (Wildman–Crippen LogP) is 1.41. The Hall–Kier alpha value is -1.69. The van der Waals surface area contributed by atoms with Gasteiger partial charge >= 0.3 is 0 Å². The highest BCUT2D eigenvalue weighted by Crippen LogP contribution is 2.29. The largest absolute Gasteiger partial charge is 0.497 e. The Labute approximate surface area is 77.2 Å². The summed E-state index contributed by atoms with van der Waals surface area (Å²) >= 11 is 0. The van der Waals surface area contributed by atoms with Gasteiger partial charge in [-0.25, -0.2) is 0 Å². The number of nitrogens with zero attached hydrogens (tertiary/aromatic N) is 2. The van der Waals surface area contributed by atoms with Gasteiger partial charge in [0.15, 0.2) is 0 Å². The molecule has 1 aromatic carbocycles. The van der Waals surface area contributed by atoms with Crippen molar-refractivity contribution in [3.63, 3.8) is 0 Å². The van der Waals surface area contributed by atoms with Gasteiger partial charge in [0.25, 0.3) is 0 Å². The van der Waals surface area contributed by atoms with Crippen LogP contribution in [-0.4, -0.2) is 19.7 Å². The van der Waals surface area contributed by atoms with Crippen LogP contribution in [0.4, 0.5) is 5.69 Å². The van der Waals surface area contributed by atoms with Crippen molar-refractivity contribution in [3.05, 3.63) is 24.3 Å². The van der Waals surface area contributed by atoms with E-state index in [0.29, 0.717) is 0 Å². The monoisotopic (exact) mass is 174 g/mol. The summed E-state index contributed by atoms with van der Waals surface area (Å²) in [4.78, 5) is 2.03. The summed E-state index contributed by atoms with van der Waals surface area (Å²) in [6, 6.07) is 10.0. The number of ether oxygens (including phenoxy) is 1. The van der Waals surface area contributed by atoms with Crippen molar-refractivity contribution in [1.29, 1.82) is 5.26 Å². The molecule has 66 valence electrons.